The number of carbonyl (C=O) groups excluding carboxylic acids is 3. The van der Waals surface area contributed by atoms with Crippen LogP contribution in [0.4, 0.5) is 11.4 Å². The molecule has 2 N–H and O–H groups in total. The Hall–Kier alpha value is -3.35. The van der Waals surface area contributed by atoms with E-state index in [1.54, 1.807) is 49.4 Å². The van der Waals surface area contributed by atoms with Crippen LogP contribution in [0.5, 0.6) is 5.75 Å². The first-order valence-electron chi connectivity index (χ1n) is 7.60. The van der Waals surface area contributed by atoms with Gasteiger partial charge in [0.15, 0.2) is 11.9 Å². The number of hydrogen-bond acceptors (Lipinski definition) is 5. The second-order valence-corrected chi connectivity index (χ2v) is 5.45. The Labute approximate surface area is 143 Å². The lowest BCUT2D eigenvalue weighted by atomic mass is 10.1. The Morgan fingerprint density at radius 1 is 1.16 bits per heavy atom. The van der Waals surface area contributed by atoms with Crippen LogP contribution >= 0.6 is 0 Å². The van der Waals surface area contributed by atoms with Gasteiger partial charge in [0.2, 0.25) is 0 Å². The quantitative estimate of drug-likeness (QED) is 0.837. The lowest BCUT2D eigenvalue weighted by molar-refractivity contribution is -0.122. The fourth-order valence-electron chi connectivity index (χ4n) is 2.41. The van der Waals surface area contributed by atoms with Gasteiger partial charge in [0, 0.05) is 5.69 Å². The number of ether oxygens (including phenoxy) is 2. The summed E-state index contributed by atoms with van der Waals surface area (Å²) in [5, 5.41) is 5.43. The second kappa shape index (κ2) is 6.64. The summed E-state index contributed by atoms with van der Waals surface area (Å²) in [4.78, 5) is 35.6. The Kier molecular flexibility index (Phi) is 4.38. The number of fused-ring (bicyclic) bond motifs is 1. The number of anilines is 2. The van der Waals surface area contributed by atoms with Crippen LogP contribution < -0.4 is 15.4 Å². The fourth-order valence-corrected chi connectivity index (χ4v) is 2.41. The monoisotopic (exact) mass is 340 g/mol. The van der Waals surface area contributed by atoms with E-state index in [1.807, 2.05) is 0 Å². The lowest BCUT2D eigenvalue weighted by Gasteiger charge is -2.25. The molecule has 1 aliphatic rings. The predicted molar refractivity (Wildman–Crippen MR) is 90.9 cm³/mol. The number of methoxy groups -OCH3 is 1. The minimum Gasteiger partial charge on any atom is -0.478 e. The summed E-state index contributed by atoms with van der Waals surface area (Å²) in [6, 6.07) is 11.3. The zero-order valence-corrected chi connectivity index (χ0v) is 13.7. The van der Waals surface area contributed by atoms with Gasteiger partial charge in [0.25, 0.3) is 11.8 Å². The van der Waals surface area contributed by atoms with Crippen molar-refractivity contribution in [3.63, 3.8) is 0 Å². The number of nitrogens with one attached hydrogen (secondary N) is 2. The summed E-state index contributed by atoms with van der Waals surface area (Å²) in [6.07, 6.45) is -0.680. The highest BCUT2D eigenvalue weighted by molar-refractivity contribution is 6.09. The van der Waals surface area contributed by atoms with Crippen molar-refractivity contribution in [1.82, 2.24) is 0 Å². The molecule has 128 valence electrons. The molecule has 1 atom stereocenters. The van der Waals surface area contributed by atoms with Gasteiger partial charge in [-0.2, -0.15) is 0 Å². The van der Waals surface area contributed by atoms with Gasteiger partial charge in [-0.1, -0.05) is 6.07 Å². The van der Waals surface area contributed by atoms with Crippen LogP contribution in [0.2, 0.25) is 0 Å². The van der Waals surface area contributed by atoms with Gasteiger partial charge in [-0.25, -0.2) is 4.79 Å². The molecule has 0 radical (unpaired) electrons. The standard InChI is InChI=1S/C18H16N2O5/c1-10-16(21)20-14-5-3-4-13(15(14)25-10)17(22)19-12-8-6-11(7-9-12)18(23)24-2/h3-10H,1-2H3,(H,19,22)(H,20,21). The second-order valence-electron chi connectivity index (χ2n) is 5.45. The highest BCUT2D eigenvalue weighted by atomic mass is 16.5. The van der Waals surface area contributed by atoms with Crippen molar-refractivity contribution in [2.45, 2.75) is 13.0 Å². The minimum atomic E-state index is -0.680. The molecule has 0 saturated carbocycles. The van der Waals surface area contributed by atoms with Crippen molar-refractivity contribution in [3.05, 3.63) is 53.6 Å². The Balaban J connectivity index is 1.82. The first kappa shape index (κ1) is 16.5. The molecule has 7 nitrogen and oxygen atoms in total. The van der Waals surface area contributed by atoms with E-state index in [9.17, 15) is 14.4 Å². The van der Waals surface area contributed by atoms with Crippen LogP contribution in [-0.4, -0.2) is 31.0 Å². The highest BCUT2D eigenvalue weighted by Crippen LogP contribution is 2.33. The molecule has 1 unspecified atom stereocenters. The summed E-state index contributed by atoms with van der Waals surface area (Å²) in [5.41, 5.74) is 1.67. The number of amides is 2. The van der Waals surface area contributed by atoms with Gasteiger partial charge in [-0.15, -0.1) is 0 Å². The Morgan fingerprint density at radius 3 is 2.56 bits per heavy atom. The van der Waals surface area contributed by atoms with Crippen molar-refractivity contribution in [1.29, 1.82) is 0 Å². The van der Waals surface area contributed by atoms with Gasteiger partial charge in [0.05, 0.1) is 23.9 Å². The van der Waals surface area contributed by atoms with E-state index in [2.05, 4.69) is 15.4 Å². The molecule has 1 heterocycles. The molecule has 0 saturated heterocycles. The molecule has 2 amide bonds. The van der Waals surface area contributed by atoms with Crippen molar-refractivity contribution >= 4 is 29.2 Å². The molecule has 2 aromatic carbocycles. The van der Waals surface area contributed by atoms with Gasteiger partial charge in [-0.3, -0.25) is 9.59 Å². The number of para-hydroxylation sites is 1. The van der Waals surface area contributed by atoms with Crippen molar-refractivity contribution in [3.8, 4) is 5.75 Å². The molecule has 0 bridgehead atoms. The van der Waals surface area contributed by atoms with Crippen molar-refractivity contribution in [2.24, 2.45) is 0 Å². The summed E-state index contributed by atoms with van der Waals surface area (Å²) in [6.45, 7) is 1.61. The molecule has 0 spiro atoms. The molecular weight excluding hydrogens is 324 g/mol. The average Bonchev–Trinajstić information content (AvgIpc) is 2.62. The average molecular weight is 340 g/mol. The minimum absolute atomic E-state index is 0.261. The Bertz CT molecular complexity index is 845. The predicted octanol–water partition coefficient (Wildman–Crippen LogP) is 2.44. The van der Waals surface area contributed by atoms with E-state index in [-0.39, 0.29) is 11.8 Å². The summed E-state index contributed by atoms with van der Waals surface area (Å²) in [5.74, 6) is -0.763. The van der Waals surface area contributed by atoms with Gasteiger partial charge >= 0.3 is 5.97 Å². The van der Waals surface area contributed by atoms with E-state index in [4.69, 9.17) is 4.74 Å². The molecule has 0 aliphatic carbocycles. The molecule has 1 aliphatic heterocycles. The van der Waals surface area contributed by atoms with Crippen molar-refractivity contribution < 1.29 is 23.9 Å². The molecular formula is C18H16N2O5. The zero-order valence-electron chi connectivity index (χ0n) is 13.7. The maximum absolute atomic E-state index is 12.6. The first-order chi connectivity index (χ1) is 12.0. The first-order valence-corrected chi connectivity index (χ1v) is 7.60. The van der Waals surface area contributed by atoms with E-state index in [0.717, 1.165) is 0 Å². The molecule has 0 aromatic heterocycles. The summed E-state index contributed by atoms with van der Waals surface area (Å²) < 4.78 is 10.2. The van der Waals surface area contributed by atoms with Crippen LogP contribution in [-0.2, 0) is 9.53 Å². The molecule has 7 heteroatoms. The van der Waals surface area contributed by atoms with E-state index in [0.29, 0.717) is 28.3 Å². The van der Waals surface area contributed by atoms with Crippen molar-refractivity contribution in [2.75, 3.05) is 17.7 Å². The zero-order chi connectivity index (χ0) is 18.0. The van der Waals surface area contributed by atoms with Gasteiger partial charge in [-0.05, 0) is 43.3 Å². The van der Waals surface area contributed by atoms with Crippen LogP contribution in [0.1, 0.15) is 27.6 Å². The number of benzene rings is 2. The maximum atomic E-state index is 12.6. The maximum Gasteiger partial charge on any atom is 0.337 e. The number of esters is 1. The number of rotatable bonds is 3. The molecule has 3 rings (SSSR count). The van der Waals surface area contributed by atoms with Crippen LogP contribution in [0.15, 0.2) is 42.5 Å². The lowest BCUT2D eigenvalue weighted by Crippen LogP contribution is -2.35. The van der Waals surface area contributed by atoms with Gasteiger partial charge in [0.1, 0.15) is 0 Å². The van der Waals surface area contributed by atoms with Crippen LogP contribution in [0.25, 0.3) is 0 Å². The van der Waals surface area contributed by atoms with E-state index >= 15 is 0 Å². The number of carbonyl (C=O) groups is 3. The fraction of sp³-hybridized carbons (Fsp3) is 0.167. The third kappa shape index (κ3) is 3.30. The summed E-state index contributed by atoms with van der Waals surface area (Å²) >= 11 is 0. The van der Waals surface area contributed by atoms with Crippen LogP contribution in [0, 0.1) is 0 Å². The van der Waals surface area contributed by atoms with E-state index < -0.39 is 12.1 Å². The van der Waals surface area contributed by atoms with Crippen LogP contribution in [0.3, 0.4) is 0 Å². The van der Waals surface area contributed by atoms with E-state index in [1.165, 1.54) is 7.11 Å². The smallest absolute Gasteiger partial charge is 0.337 e. The largest absolute Gasteiger partial charge is 0.478 e. The molecule has 2 aromatic rings. The third-order valence-corrected chi connectivity index (χ3v) is 3.75. The van der Waals surface area contributed by atoms with Gasteiger partial charge < -0.3 is 20.1 Å². The topological polar surface area (TPSA) is 93.7 Å². The Morgan fingerprint density at radius 2 is 1.88 bits per heavy atom. The molecule has 0 fully saturated rings. The highest BCUT2D eigenvalue weighted by Gasteiger charge is 2.27. The SMILES string of the molecule is COC(=O)c1ccc(NC(=O)c2cccc3c2OC(C)C(=O)N3)cc1. The summed E-state index contributed by atoms with van der Waals surface area (Å²) in [7, 11) is 1.30. The third-order valence-electron chi connectivity index (χ3n) is 3.75. The molecule has 25 heavy (non-hydrogen) atoms. The normalized spacial score (nSPS) is 15.4. The number of hydrogen-bond donors (Lipinski definition) is 2.